The third-order valence-electron chi connectivity index (χ3n) is 3.39. The van der Waals surface area contributed by atoms with Crippen molar-refractivity contribution in [1.29, 1.82) is 0 Å². The van der Waals surface area contributed by atoms with Crippen LogP contribution in [0, 0.1) is 6.92 Å². The highest BCUT2D eigenvalue weighted by atomic mass is 32.2. The predicted octanol–water partition coefficient (Wildman–Crippen LogP) is 1.86. The maximum absolute atomic E-state index is 12.3. The number of amides is 2. The highest BCUT2D eigenvalue weighted by molar-refractivity contribution is 7.90. The average Bonchev–Trinajstić information content (AvgIpc) is 2.74. The fourth-order valence-electron chi connectivity index (χ4n) is 2.15. The quantitative estimate of drug-likeness (QED) is 0.852. The van der Waals surface area contributed by atoms with Gasteiger partial charge in [-0.15, -0.1) is 4.40 Å². The zero-order valence-electron chi connectivity index (χ0n) is 12.4. The summed E-state index contributed by atoms with van der Waals surface area (Å²) in [5, 5.41) is 0. The molecule has 1 aliphatic rings. The van der Waals surface area contributed by atoms with Crippen LogP contribution in [0.1, 0.15) is 19.4 Å². The second kappa shape index (κ2) is 5.85. The molecule has 0 radical (unpaired) electrons. The van der Waals surface area contributed by atoms with Gasteiger partial charge in [0.05, 0.1) is 11.4 Å². The minimum absolute atomic E-state index is 0.138. The van der Waals surface area contributed by atoms with E-state index in [0.29, 0.717) is 13.1 Å². The molecule has 1 heterocycles. The molecule has 1 aromatic rings. The minimum atomic E-state index is -3.79. The van der Waals surface area contributed by atoms with Gasteiger partial charge in [-0.25, -0.2) is 4.79 Å². The number of sulfonamides is 1. The monoisotopic (exact) mass is 309 g/mol. The van der Waals surface area contributed by atoms with Crippen molar-refractivity contribution in [3.8, 4) is 0 Å². The smallest absolute Gasteiger partial charge is 0.317 e. The van der Waals surface area contributed by atoms with Crippen LogP contribution in [-0.4, -0.2) is 49.7 Å². The van der Waals surface area contributed by atoms with Gasteiger partial charge < -0.3 is 4.90 Å². The Balaban J connectivity index is 2.37. The highest BCUT2D eigenvalue weighted by Gasteiger charge is 2.33. The van der Waals surface area contributed by atoms with Gasteiger partial charge >= 0.3 is 6.03 Å². The number of carbonyl (C=O) groups excluding carboxylic acids is 1. The second-order valence-electron chi connectivity index (χ2n) is 4.84. The zero-order valence-corrected chi connectivity index (χ0v) is 13.2. The Morgan fingerprint density at radius 2 is 1.76 bits per heavy atom. The van der Waals surface area contributed by atoms with Crippen LogP contribution in [0.2, 0.25) is 0 Å². The van der Waals surface area contributed by atoms with Gasteiger partial charge in [0.25, 0.3) is 10.0 Å². The molecular formula is C14H19N3O3S. The van der Waals surface area contributed by atoms with E-state index in [1.807, 2.05) is 13.8 Å². The summed E-state index contributed by atoms with van der Waals surface area (Å²) in [6, 6.07) is 6.31. The van der Waals surface area contributed by atoms with Crippen LogP contribution in [0.3, 0.4) is 0 Å². The maximum Gasteiger partial charge on any atom is 0.325 e. The van der Waals surface area contributed by atoms with E-state index in [2.05, 4.69) is 4.40 Å². The Morgan fingerprint density at radius 3 is 2.29 bits per heavy atom. The van der Waals surface area contributed by atoms with Crippen LogP contribution in [0.4, 0.5) is 4.79 Å². The lowest BCUT2D eigenvalue weighted by Crippen LogP contribution is -2.33. The summed E-state index contributed by atoms with van der Waals surface area (Å²) in [4.78, 5) is 15.1. The average molecular weight is 309 g/mol. The lowest BCUT2D eigenvalue weighted by atomic mass is 10.2. The molecule has 1 saturated heterocycles. The molecule has 7 heteroatoms. The largest absolute Gasteiger partial charge is 0.325 e. The number of carbonyl (C=O) groups is 1. The first-order chi connectivity index (χ1) is 9.89. The Kier molecular flexibility index (Phi) is 4.32. The summed E-state index contributed by atoms with van der Waals surface area (Å²) in [6.45, 7) is 6.69. The van der Waals surface area contributed by atoms with Gasteiger partial charge in [0.1, 0.15) is 5.84 Å². The van der Waals surface area contributed by atoms with Crippen molar-refractivity contribution in [2.75, 3.05) is 19.6 Å². The Morgan fingerprint density at radius 1 is 1.14 bits per heavy atom. The number of likely N-dealkylation sites (N-methyl/N-ethyl adjacent to an activating group) is 2. The van der Waals surface area contributed by atoms with Gasteiger partial charge in [-0.2, -0.15) is 8.42 Å². The number of rotatable bonds is 4. The molecule has 1 aromatic carbocycles. The number of benzene rings is 1. The van der Waals surface area contributed by atoms with Crippen LogP contribution in [0.5, 0.6) is 0 Å². The van der Waals surface area contributed by atoms with Crippen molar-refractivity contribution in [2.24, 2.45) is 4.40 Å². The number of nitrogens with zero attached hydrogens (tertiary/aromatic N) is 3. The summed E-state index contributed by atoms with van der Waals surface area (Å²) in [5.41, 5.74) is 0.977. The number of aryl methyl sites for hydroxylation is 1. The summed E-state index contributed by atoms with van der Waals surface area (Å²) < 4.78 is 28.5. The van der Waals surface area contributed by atoms with E-state index in [-0.39, 0.29) is 23.3 Å². The minimum Gasteiger partial charge on any atom is -0.317 e. The molecule has 0 spiro atoms. The van der Waals surface area contributed by atoms with Gasteiger partial charge in [0.2, 0.25) is 0 Å². The first-order valence-corrected chi connectivity index (χ1v) is 8.30. The van der Waals surface area contributed by atoms with Crippen molar-refractivity contribution >= 4 is 21.9 Å². The molecule has 1 aliphatic heterocycles. The molecule has 0 aliphatic carbocycles. The van der Waals surface area contributed by atoms with Gasteiger partial charge in [0.15, 0.2) is 0 Å². The third-order valence-corrected chi connectivity index (χ3v) is 4.71. The van der Waals surface area contributed by atoms with E-state index in [1.165, 1.54) is 17.0 Å². The number of hydrogen-bond acceptors (Lipinski definition) is 3. The summed E-state index contributed by atoms with van der Waals surface area (Å²) in [7, 11) is -3.79. The molecule has 2 amide bonds. The maximum atomic E-state index is 12.3. The molecule has 0 N–H and O–H groups in total. The highest BCUT2D eigenvalue weighted by Crippen LogP contribution is 2.17. The zero-order chi connectivity index (χ0) is 15.6. The molecule has 0 atom stereocenters. The Labute approximate surface area is 125 Å². The van der Waals surface area contributed by atoms with Crippen molar-refractivity contribution in [3.63, 3.8) is 0 Å². The second-order valence-corrected chi connectivity index (χ2v) is 6.44. The fourth-order valence-corrected chi connectivity index (χ4v) is 3.17. The summed E-state index contributed by atoms with van der Waals surface area (Å²) >= 11 is 0. The number of hydrogen-bond donors (Lipinski definition) is 0. The van der Waals surface area contributed by atoms with Crippen LogP contribution in [0.25, 0.3) is 0 Å². The SMILES string of the molecule is CCN1CC(=NS(=O)(=O)c2ccc(C)cc2)N(CC)C1=O. The molecule has 21 heavy (non-hydrogen) atoms. The molecule has 0 aromatic heterocycles. The predicted molar refractivity (Wildman–Crippen MR) is 80.8 cm³/mol. The van der Waals surface area contributed by atoms with E-state index in [0.717, 1.165) is 5.56 Å². The number of urea groups is 1. The molecule has 114 valence electrons. The summed E-state index contributed by atoms with van der Waals surface area (Å²) in [6.07, 6.45) is 0. The lowest BCUT2D eigenvalue weighted by molar-refractivity contribution is 0.199. The molecule has 2 rings (SSSR count). The Hall–Kier alpha value is -1.89. The van der Waals surface area contributed by atoms with Crippen molar-refractivity contribution in [1.82, 2.24) is 9.80 Å². The van der Waals surface area contributed by atoms with Crippen LogP contribution >= 0.6 is 0 Å². The van der Waals surface area contributed by atoms with Crippen LogP contribution in [0.15, 0.2) is 33.6 Å². The lowest BCUT2D eigenvalue weighted by Gasteiger charge is -2.14. The van der Waals surface area contributed by atoms with Crippen molar-refractivity contribution in [3.05, 3.63) is 29.8 Å². The number of amidine groups is 1. The molecule has 1 fully saturated rings. The van der Waals surface area contributed by atoms with Gasteiger partial charge in [0, 0.05) is 13.1 Å². The van der Waals surface area contributed by atoms with Gasteiger partial charge in [-0.1, -0.05) is 17.7 Å². The standard InChI is InChI=1S/C14H19N3O3S/c1-4-16-10-13(17(5-2)14(16)18)15-21(19,20)12-8-6-11(3)7-9-12/h6-9H,4-5,10H2,1-3H3. The first-order valence-electron chi connectivity index (χ1n) is 6.86. The van der Waals surface area contributed by atoms with Crippen LogP contribution in [-0.2, 0) is 10.0 Å². The van der Waals surface area contributed by atoms with E-state index < -0.39 is 10.0 Å². The van der Waals surface area contributed by atoms with Crippen LogP contribution < -0.4 is 0 Å². The van der Waals surface area contributed by atoms with E-state index in [4.69, 9.17) is 0 Å². The van der Waals surface area contributed by atoms with Crippen molar-refractivity contribution < 1.29 is 13.2 Å². The normalized spacial score (nSPS) is 17.9. The summed E-state index contributed by atoms with van der Waals surface area (Å²) in [5.74, 6) is 0.282. The first kappa shape index (κ1) is 15.5. The van der Waals surface area contributed by atoms with E-state index in [1.54, 1.807) is 24.0 Å². The Bertz CT molecular complexity index is 665. The van der Waals surface area contributed by atoms with Gasteiger partial charge in [-0.3, -0.25) is 4.90 Å². The molecule has 0 saturated carbocycles. The van der Waals surface area contributed by atoms with Crippen molar-refractivity contribution in [2.45, 2.75) is 25.7 Å². The van der Waals surface area contributed by atoms with E-state index >= 15 is 0 Å². The molecular weight excluding hydrogens is 290 g/mol. The third kappa shape index (κ3) is 3.07. The molecule has 0 unspecified atom stereocenters. The fraction of sp³-hybridized carbons (Fsp3) is 0.429. The van der Waals surface area contributed by atoms with Gasteiger partial charge in [-0.05, 0) is 32.9 Å². The van der Waals surface area contributed by atoms with E-state index in [9.17, 15) is 13.2 Å². The molecule has 0 bridgehead atoms. The topological polar surface area (TPSA) is 70.1 Å². The molecule has 6 nitrogen and oxygen atoms in total.